The summed E-state index contributed by atoms with van der Waals surface area (Å²) in [5.74, 6) is 0.920. The van der Waals surface area contributed by atoms with Crippen molar-refractivity contribution in [2.24, 2.45) is 21.9 Å². The quantitative estimate of drug-likeness (QED) is 0.411. The molecule has 1 aliphatic heterocycles. The predicted molar refractivity (Wildman–Crippen MR) is 109 cm³/mol. The zero-order valence-electron chi connectivity index (χ0n) is 16.3. The topological polar surface area (TPSA) is 92.1 Å². The summed E-state index contributed by atoms with van der Waals surface area (Å²) in [6.07, 6.45) is 4.71. The maximum atomic E-state index is 6.16. The maximum Gasteiger partial charge on any atom is 0.157 e. The van der Waals surface area contributed by atoms with Crippen LogP contribution in [0.2, 0.25) is 5.02 Å². The number of benzene rings is 1. The molecule has 1 unspecified atom stereocenters. The van der Waals surface area contributed by atoms with Gasteiger partial charge >= 0.3 is 0 Å². The van der Waals surface area contributed by atoms with Gasteiger partial charge in [0.2, 0.25) is 0 Å². The standard InChI is InChI=1S/C20H30ClN3O3/c1-20(2,3)17(22)13-18(23)24-15-10-14(21)11-16(12-15)25-8-9-27-19-6-4-5-7-26-19/h10-13,19H,4-9,22H2,1-3H3,(H2,23,24). The lowest BCUT2D eigenvalue weighted by Crippen LogP contribution is -2.24. The fraction of sp³-hybridized carbons (Fsp3) is 0.550. The van der Waals surface area contributed by atoms with Crippen LogP contribution in [0.3, 0.4) is 0 Å². The molecule has 1 aromatic rings. The lowest BCUT2D eigenvalue weighted by Gasteiger charge is -2.22. The molecule has 0 aromatic heterocycles. The molecule has 0 saturated carbocycles. The molecule has 0 spiro atoms. The molecule has 6 nitrogen and oxygen atoms in total. The van der Waals surface area contributed by atoms with E-state index in [1.165, 1.54) is 0 Å². The molecule has 1 saturated heterocycles. The first-order valence-corrected chi connectivity index (χ1v) is 9.60. The van der Waals surface area contributed by atoms with Crippen LogP contribution in [0.1, 0.15) is 40.0 Å². The van der Waals surface area contributed by atoms with Crippen LogP contribution in [0.5, 0.6) is 5.75 Å². The molecule has 1 aliphatic rings. The number of ether oxygens (including phenoxy) is 3. The van der Waals surface area contributed by atoms with E-state index < -0.39 is 0 Å². The molecule has 1 aromatic carbocycles. The lowest BCUT2D eigenvalue weighted by atomic mass is 9.92. The minimum Gasteiger partial charge on any atom is -0.491 e. The van der Waals surface area contributed by atoms with Crippen molar-refractivity contribution in [3.63, 3.8) is 0 Å². The van der Waals surface area contributed by atoms with Crippen LogP contribution in [0.15, 0.2) is 35.0 Å². The van der Waals surface area contributed by atoms with E-state index in [1.54, 1.807) is 24.3 Å². The fourth-order valence-corrected chi connectivity index (χ4v) is 2.65. The maximum absolute atomic E-state index is 6.16. The van der Waals surface area contributed by atoms with Crippen LogP contribution in [-0.2, 0) is 9.47 Å². The van der Waals surface area contributed by atoms with Gasteiger partial charge in [-0.3, -0.25) is 0 Å². The number of amidine groups is 1. The largest absolute Gasteiger partial charge is 0.491 e. The Labute approximate surface area is 166 Å². The highest BCUT2D eigenvalue weighted by Gasteiger charge is 2.14. The summed E-state index contributed by atoms with van der Waals surface area (Å²) in [5.41, 5.74) is 13.1. The van der Waals surface area contributed by atoms with Gasteiger partial charge in [0.15, 0.2) is 6.29 Å². The first kappa shape index (κ1) is 21.5. The normalized spacial score (nSPS) is 19.2. The summed E-state index contributed by atoms with van der Waals surface area (Å²) in [7, 11) is 0. The van der Waals surface area contributed by atoms with Crippen molar-refractivity contribution in [2.45, 2.75) is 46.3 Å². The van der Waals surface area contributed by atoms with E-state index in [2.05, 4.69) is 4.99 Å². The second kappa shape index (κ2) is 9.97. The predicted octanol–water partition coefficient (Wildman–Crippen LogP) is 4.14. The number of aliphatic imine (C=N–C) groups is 1. The van der Waals surface area contributed by atoms with Crippen LogP contribution in [0, 0.1) is 5.41 Å². The van der Waals surface area contributed by atoms with Crippen LogP contribution in [0.25, 0.3) is 0 Å². The average molecular weight is 396 g/mol. The van der Waals surface area contributed by atoms with Crippen molar-refractivity contribution in [1.82, 2.24) is 0 Å². The molecule has 1 heterocycles. The van der Waals surface area contributed by atoms with Crippen LogP contribution in [0.4, 0.5) is 5.69 Å². The van der Waals surface area contributed by atoms with E-state index in [9.17, 15) is 0 Å². The molecule has 1 atom stereocenters. The number of nitrogens with zero attached hydrogens (tertiary/aromatic N) is 1. The van der Waals surface area contributed by atoms with Gasteiger partial charge in [-0.2, -0.15) is 0 Å². The van der Waals surface area contributed by atoms with Crippen LogP contribution >= 0.6 is 11.6 Å². The van der Waals surface area contributed by atoms with Gasteiger partial charge in [-0.1, -0.05) is 32.4 Å². The smallest absolute Gasteiger partial charge is 0.157 e. The Morgan fingerprint density at radius 3 is 2.70 bits per heavy atom. The monoisotopic (exact) mass is 395 g/mol. The number of allylic oxidation sites excluding steroid dienone is 1. The van der Waals surface area contributed by atoms with Crippen molar-refractivity contribution in [1.29, 1.82) is 0 Å². The zero-order valence-corrected chi connectivity index (χ0v) is 17.1. The second-order valence-electron chi connectivity index (χ2n) is 7.55. The first-order chi connectivity index (χ1) is 12.7. The fourth-order valence-electron chi connectivity index (χ4n) is 2.43. The van der Waals surface area contributed by atoms with E-state index in [0.29, 0.717) is 41.2 Å². The van der Waals surface area contributed by atoms with Crippen LogP contribution < -0.4 is 16.2 Å². The van der Waals surface area contributed by atoms with Gasteiger partial charge < -0.3 is 25.7 Å². The second-order valence-corrected chi connectivity index (χ2v) is 7.98. The third kappa shape index (κ3) is 7.79. The number of rotatable bonds is 7. The molecule has 7 heteroatoms. The van der Waals surface area contributed by atoms with Crippen LogP contribution in [-0.4, -0.2) is 31.9 Å². The summed E-state index contributed by atoms with van der Waals surface area (Å²) in [5, 5.41) is 0.517. The average Bonchev–Trinajstić information content (AvgIpc) is 2.58. The number of nitrogens with two attached hydrogens (primary N) is 2. The molecule has 4 N–H and O–H groups in total. The van der Waals surface area contributed by atoms with Gasteiger partial charge in [0.25, 0.3) is 0 Å². The molecule has 0 radical (unpaired) electrons. The van der Waals surface area contributed by atoms with Gasteiger partial charge in [0.05, 0.1) is 12.3 Å². The minimum atomic E-state index is -0.176. The van der Waals surface area contributed by atoms with E-state index in [4.69, 9.17) is 37.3 Å². The van der Waals surface area contributed by atoms with Crippen molar-refractivity contribution < 1.29 is 14.2 Å². The summed E-state index contributed by atoms with van der Waals surface area (Å²) >= 11 is 6.16. The SMILES string of the molecule is CC(C)(C)C(N)=CC(N)=Nc1cc(Cl)cc(OCCOC2CCCCO2)c1. The number of halogens is 1. The van der Waals surface area contributed by atoms with Gasteiger partial charge in [0, 0.05) is 28.8 Å². The molecule has 0 bridgehead atoms. The molecule has 1 fully saturated rings. The Balaban J connectivity index is 1.93. The molecular weight excluding hydrogens is 366 g/mol. The Bertz CT molecular complexity index is 678. The Hall–Kier alpha value is -1.76. The highest BCUT2D eigenvalue weighted by molar-refractivity contribution is 6.31. The van der Waals surface area contributed by atoms with Crippen molar-refractivity contribution in [2.75, 3.05) is 19.8 Å². The molecule has 27 heavy (non-hydrogen) atoms. The van der Waals surface area contributed by atoms with Gasteiger partial charge in [-0.05, 0) is 37.5 Å². The molecule has 0 amide bonds. The lowest BCUT2D eigenvalue weighted by molar-refractivity contribution is -0.165. The van der Waals surface area contributed by atoms with Gasteiger partial charge in [-0.25, -0.2) is 4.99 Å². The van der Waals surface area contributed by atoms with E-state index in [0.717, 1.165) is 25.9 Å². The molecular formula is C20H30ClN3O3. The number of hydrogen-bond acceptors (Lipinski definition) is 5. The van der Waals surface area contributed by atoms with Crippen molar-refractivity contribution in [3.05, 3.63) is 35.0 Å². The van der Waals surface area contributed by atoms with Gasteiger partial charge in [-0.15, -0.1) is 0 Å². The van der Waals surface area contributed by atoms with Crippen molar-refractivity contribution in [3.8, 4) is 5.75 Å². The minimum absolute atomic E-state index is 0.123. The van der Waals surface area contributed by atoms with Gasteiger partial charge in [0.1, 0.15) is 18.2 Å². The molecule has 0 aliphatic carbocycles. The molecule has 2 rings (SSSR count). The Morgan fingerprint density at radius 1 is 1.26 bits per heavy atom. The summed E-state index contributed by atoms with van der Waals surface area (Å²) < 4.78 is 16.9. The summed E-state index contributed by atoms with van der Waals surface area (Å²) in [6, 6.07) is 5.22. The van der Waals surface area contributed by atoms with E-state index >= 15 is 0 Å². The highest BCUT2D eigenvalue weighted by Crippen LogP contribution is 2.27. The molecule has 150 valence electrons. The third-order valence-electron chi connectivity index (χ3n) is 4.08. The third-order valence-corrected chi connectivity index (χ3v) is 4.30. The Kier molecular flexibility index (Phi) is 7.95. The highest BCUT2D eigenvalue weighted by atomic mass is 35.5. The Morgan fingerprint density at radius 2 is 2.04 bits per heavy atom. The summed E-state index contributed by atoms with van der Waals surface area (Å²) in [4.78, 5) is 4.36. The van der Waals surface area contributed by atoms with Crippen molar-refractivity contribution >= 4 is 23.1 Å². The van der Waals surface area contributed by atoms with E-state index in [-0.39, 0.29) is 11.7 Å². The first-order valence-electron chi connectivity index (χ1n) is 9.22. The summed E-state index contributed by atoms with van der Waals surface area (Å²) in [6.45, 7) is 7.64. The zero-order chi connectivity index (χ0) is 19.9. The van der Waals surface area contributed by atoms with E-state index in [1.807, 2.05) is 20.8 Å². The number of hydrogen-bond donors (Lipinski definition) is 2.